The first-order valence-corrected chi connectivity index (χ1v) is 7.65. The molecular formula is C16H26N2O6. The highest BCUT2D eigenvalue weighted by Crippen LogP contribution is 2.05. The molecule has 0 unspecified atom stereocenters. The van der Waals surface area contributed by atoms with E-state index in [1.807, 2.05) is 13.8 Å². The Morgan fingerprint density at radius 1 is 1.21 bits per heavy atom. The smallest absolute Gasteiger partial charge is 0.303 e. The molecular weight excluding hydrogens is 316 g/mol. The number of imide groups is 1. The van der Waals surface area contributed by atoms with Gasteiger partial charge in [0.05, 0.1) is 12.1 Å². The summed E-state index contributed by atoms with van der Waals surface area (Å²) in [5.74, 6) is -1.54. The van der Waals surface area contributed by atoms with Gasteiger partial charge >= 0.3 is 5.97 Å². The summed E-state index contributed by atoms with van der Waals surface area (Å²) in [5, 5.41) is 19.6. The molecule has 1 aliphatic rings. The molecule has 24 heavy (non-hydrogen) atoms. The summed E-state index contributed by atoms with van der Waals surface area (Å²) in [6.07, 6.45) is 2.67. The van der Waals surface area contributed by atoms with Crippen molar-refractivity contribution < 1.29 is 29.4 Å². The van der Waals surface area contributed by atoms with E-state index >= 15 is 0 Å². The first-order valence-electron chi connectivity index (χ1n) is 7.65. The normalized spacial score (nSPS) is 13.8. The van der Waals surface area contributed by atoms with Gasteiger partial charge in [-0.2, -0.15) is 0 Å². The van der Waals surface area contributed by atoms with E-state index in [0.29, 0.717) is 0 Å². The average molecular weight is 342 g/mol. The van der Waals surface area contributed by atoms with Crippen molar-refractivity contribution in [3.8, 4) is 0 Å². The lowest BCUT2D eigenvalue weighted by atomic mass is 10.1. The minimum atomic E-state index is -0.713. The van der Waals surface area contributed by atoms with E-state index in [1.54, 1.807) is 13.8 Å². The molecule has 3 amide bonds. The van der Waals surface area contributed by atoms with Gasteiger partial charge in [-0.3, -0.25) is 24.1 Å². The first kappa shape index (κ1) is 21.8. The highest BCUT2D eigenvalue weighted by molar-refractivity contribution is 6.13. The van der Waals surface area contributed by atoms with Crippen molar-refractivity contribution in [2.45, 2.75) is 46.1 Å². The van der Waals surface area contributed by atoms with E-state index in [1.165, 1.54) is 12.2 Å². The van der Waals surface area contributed by atoms with E-state index in [4.69, 9.17) is 10.2 Å². The van der Waals surface area contributed by atoms with Crippen molar-refractivity contribution in [2.24, 2.45) is 5.92 Å². The monoisotopic (exact) mass is 342 g/mol. The van der Waals surface area contributed by atoms with Crippen molar-refractivity contribution in [3.05, 3.63) is 12.2 Å². The molecule has 0 aromatic heterocycles. The Morgan fingerprint density at radius 3 is 2.04 bits per heavy atom. The Hall–Kier alpha value is -2.22. The zero-order valence-electron chi connectivity index (χ0n) is 14.5. The number of rotatable bonds is 7. The first-order chi connectivity index (χ1) is 11.0. The van der Waals surface area contributed by atoms with Crippen LogP contribution < -0.4 is 5.32 Å². The summed E-state index contributed by atoms with van der Waals surface area (Å²) in [7, 11) is 0. The Morgan fingerprint density at radius 2 is 1.71 bits per heavy atom. The van der Waals surface area contributed by atoms with Gasteiger partial charge in [-0.05, 0) is 19.8 Å². The molecule has 1 aliphatic heterocycles. The van der Waals surface area contributed by atoms with Gasteiger partial charge in [-0.1, -0.05) is 13.8 Å². The van der Waals surface area contributed by atoms with Gasteiger partial charge in [0.1, 0.15) is 0 Å². The molecule has 8 heteroatoms. The van der Waals surface area contributed by atoms with Crippen LogP contribution in [-0.4, -0.2) is 57.5 Å². The van der Waals surface area contributed by atoms with Crippen LogP contribution in [0.15, 0.2) is 12.2 Å². The van der Waals surface area contributed by atoms with Crippen molar-refractivity contribution in [1.29, 1.82) is 0 Å². The van der Waals surface area contributed by atoms with E-state index in [9.17, 15) is 19.2 Å². The van der Waals surface area contributed by atoms with E-state index in [0.717, 1.165) is 4.90 Å². The molecule has 8 nitrogen and oxygen atoms in total. The SMILES string of the molecule is CC(C)(CO)NC(=O)CCN1C(=O)C=CC1=O.CC(C)CC(=O)O. The van der Waals surface area contributed by atoms with Crippen LogP contribution in [0.3, 0.4) is 0 Å². The number of aliphatic carboxylic acids is 1. The van der Waals surface area contributed by atoms with Gasteiger partial charge in [0.25, 0.3) is 11.8 Å². The fourth-order valence-electron chi connectivity index (χ4n) is 1.69. The molecule has 0 aromatic carbocycles. The minimum Gasteiger partial charge on any atom is -0.481 e. The number of carboxylic acid groups (broad SMARTS) is 1. The number of hydrogen-bond donors (Lipinski definition) is 3. The topological polar surface area (TPSA) is 124 Å². The molecule has 0 bridgehead atoms. The maximum Gasteiger partial charge on any atom is 0.303 e. The van der Waals surface area contributed by atoms with Crippen LogP contribution in [-0.2, 0) is 19.2 Å². The minimum absolute atomic E-state index is 0.0303. The van der Waals surface area contributed by atoms with E-state index < -0.39 is 23.3 Å². The van der Waals surface area contributed by atoms with Crippen LogP contribution >= 0.6 is 0 Å². The summed E-state index contributed by atoms with van der Waals surface area (Å²) >= 11 is 0. The molecule has 0 aromatic rings. The Bertz CT molecular complexity index is 493. The predicted molar refractivity (Wildman–Crippen MR) is 86.9 cm³/mol. The molecule has 0 fully saturated rings. The van der Waals surface area contributed by atoms with Gasteiger partial charge in [0.2, 0.25) is 5.91 Å². The molecule has 3 N–H and O–H groups in total. The van der Waals surface area contributed by atoms with Gasteiger partial charge in [-0.25, -0.2) is 0 Å². The van der Waals surface area contributed by atoms with Crippen molar-refractivity contribution in [2.75, 3.05) is 13.2 Å². The van der Waals surface area contributed by atoms with Crippen molar-refractivity contribution in [3.63, 3.8) is 0 Å². The summed E-state index contributed by atoms with van der Waals surface area (Å²) in [5.41, 5.74) is -0.700. The van der Waals surface area contributed by atoms with Crippen LogP contribution in [0.1, 0.15) is 40.5 Å². The molecule has 136 valence electrons. The fraction of sp³-hybridized carbons (Fsp3) is 0.625. The van der Waals surface area contributed by atoms with Gasteiger partial charge < -0.3 is 15.5 Å². The Labute approximate surface area is 141 Å². The number of hydrogen-bond acceptors (Lipinski definition) is 5. The highest BCUT2D eigenvalue weighted by atomic mass is 16.4. The van der Waals surface area contributed by atoms with Crippen molar-refractivity contribution >= 4 is 23.7 Å². The van der Waals surface area contributed by atoms with Crippen LogP contribution in [0, 0.1) is 5.92 Å². The predicted octanol–water partition coefficient (Wildman–Crippen LogP) is 0.306. The summed E-state index contributed by atoms with van der Waals surface area (Å²) in [6.45, 7) is 7.00. The third-order valence-corrected chi connectivity index (χ3v) is 2.92. The Kier molecular flexibility index (Phi) is 8.91. The number of nitrogens with zero attached hydrogens (tertiary/aromatic N) is 1. The molecule has 1 rings (SSSR count). The third kappa shape index (κ3) is 9.04. The second-order valence-electron chi connectivity index (χ2n) is 6.49. The van der Waals surface area contributed by atoms with Crippen LogP contribution in [0.5, 0.6) is 0 Å². The number of nitrogens with one attached hydrogen (secondary N) is 1. The lowest BCUT2D eigenvalue weighted by Crippen LogP contribution is -2.47. The molecule has 1 heterocycles. The molecule has 0 saturated heterocycles. The quantitative estimate of drug-likeness (QED) is 0.572. The van der Waals surface area contributed by atoms with Gasteiger partial charge in [0.15, 0.2) is 0 Å². The summed E-state index contributed by atoms with van der Waals surface area (Å²) in [6, 6.07) is 0. The zero-order valence-corrected chi connectivity index (χ0v) is 14.5. The average Bonchev–Trinajstić information content (AvgIpc) is 2.74. The largest absolute Gasteiger partial charge is 0.481 e. The van der Waals surface area contributed by atoms with E-state index in [-0.39, 0.29) is 37.8 Å². The maximum atomic E-state index is 11.5. The van der Waals surface area contributed by atoms with Gasteiger partial charge in [0, 0.05) is 31.5 Å². The molecule has 0 saturated carbocycles. The molecule has 0 atom stereocenters. The number of carbonyl (C=O) groups excluding carboxylic acids is 3. The van der Waals surface area contributed by atoms with E-state index in [2.05, 4.69) is 5.32 Å². The molecule has 0 spiro atoms. The number of aliphatic hydroxyl groups is 1. The number of aliphatic hydroxyl groups excluding tert-OH is 1. The van der Waals surface area contributed by atoms with Crippen LogP contribution in [0.25, 0.3) is 0 Å². The zero-order chi connectivity index (χ0) is 18.9. The second kappa shape index (κ2) is 9.82. The van der Waals surface area contributed by atoms with Gasteiger partial charge in [-0.15, -0.1) is 0 Å². The lowest BCUT2D eigenvalue weighted by Gasteiger charge is -2.24. The van der Waals surface area contributed by atoms with Crippen LogP contribution in [0.4, 0.5) is 0 Å². The fourth-order valence-corrected chi connectivity index (χ4v) is 1.69. The lowest BCUT2D eigenvalue weighted by molar-refractivity contribution is -0.139. The third-order valence-electron chi connectivity index (χ3n) is 2.92. The highest BCUT2D eigenvalue weighted by Gasteiger charge is 2.25. The Balaban J connectivity index is 0.000000640. The van der Waals surface area contributed by atoms with Crippen LogP contribution in [0.2, 0.25) is 0 Å². The molecule has 0 radical (unpaired) electrons. The number of carbonyl (C=O) groups is 4. The summed E-state index contributed by atoms with van der Waals surface area (Å²) < 4.78 is 0. The summed E-state index contributed by atoms with van der Waals surface area (Å²) in [4.78, 5) is 44.7. The standard InChI is InChI=1S/C11H16N2O4.C5H10O2/c1-11(2,7-14)12-8(15)5-6-13-9(16)3-4-10(13)17;1-4(2)3-5(6)7/h3-4,14H,5-7H2,1-2H3,(H,12,15);4H,3H2,1-2H3,(H,6,7). The number of carboxylic acids is 1. The van der Waals surface area contributed by atoms with Crippen molar-refractivity contribution in [1.82, 2.24) is 10.2 Å². The maximum absolute atomic E-state index is 11.5. The second-order valence-corrected chi connectivity index (χ2v) is 6.49. The number of amides is 3. The molecule has 0 aliphatic carbocycles.